The van der Waals surface area contributed by atoms with Crippen LogP contribution in [0.25, 0.3) is 0 Å². The van der Waals surface area contributed by atoms with Crippen molar-refractivity contribution in [2.45, 2.75) is 57.5 Å². The normalized spacial score (nSPS) is 18.5. The minimum atomic E-state index is -0.763. The molecule has 1 atom stereocenters. The van der Waals surface area contributed by atoms with Gasteiger partial charge in [0.2, 0.25) is 0 Å². The Hall–Kier alpha value is -1.30. The first-order chi connectivity index (χ1) is 9.68. The number of unbranched alkanes of at least 4 members (excludes halogenated alkanes) is 2. The van der Waals surface area contributed by atoms with E-state index in [9.17, 15) is 9.59 Å². The van der Waals surface area contributed by atoms with E-state index in [2.05, 4.69) is 10.6 Å². The quantitative estimate of drug-likeness (QED) is 0.565. The smallest absolute Gasteiger partial charge is 0.314 e. The number of carboxylic acids is 1. The molecule has 1 fully saturated rings. The molecule has 0 aromatic heterocycles. The lowest BCUT2D eigenvalue weighted by Gasteiger charge is -2.22. The first kappa shape index (κ1) is 16.8. The number of amides is 2. The molecule has 1 unspecified atom stereocenters. The standard InChI is InChI=1S/C14H26N2O4/c17-13(18)7-2-1-4-9-15-14(19)16-10-8-12-6-3-5-11-20-12/h12H,1-11H2,(H,17,18)(H2,15,16,19). The van der Waals surface area contributed by atoms with E-state index in [4.69, 9.17) is 9.84 Å². The van der Waals surface area contributed by atoms with Crippen molar-refractivity contribution in [2.75, 3.05) is 19.7 Å². The first-order valence-electron chi connectivity index (χ1n) is 7.53. The number of hydrogen-bond acceptors (Lipinski definition) is 3. The Kier molecular flexibility index (Phi) is 8.78. The third-order valence-corrected chi connectivity index (χ3v) is 3.38. The van der Waals surface area contributed by atoms with E-state index in [1.807, 2.05) is 0 Å². The van der Waals surface area contributed by atoms with Crippen LogP contribution in [-0.4, -0.2) is 42.9 Å². The molecule has 0 bridgehead atoms. The molecule has 0 radical (unpaired) electrons. The summed E-state index contributed by atoms with van der Waals surface area (Å²) in [6.07, 6.45) is 7.11. The summed E-state index contributed by atoms with van der Waals surface area (Å²) in [4.78, 5) is 21.8. The predicted molar refractivity (Wildman–Crippen MR) is 75.7 cm³/mol. The van der Waals surface area contributed by atoms with E-state index < -0.39 is 5.97 Å². The molecule has 0 aromatic carbocycles. The second kappa shape index (κ2) is 10.5. The zero-order chi connectivity index (χ0) is 14.6. The summed E-state index contributed by atoms with van der Waals surface area (Å²) in [5.41, 5.74) is 0. The second-order valence-corrected chi connectivity index (χ2v) is 5.16. The van der Waals surface area contributed by atoms with Crippen LogP contribution < -0.4 is 10.6 Å². The van der Waals surface area contributed by atoms with Gasteiger partial charge in [-0.3, -0.25) is 4.79 Å². The lowest BCUT2D eigenvalue weighted by molar-refractivity contribution is -0.137. The van der Waals surface area contributed by atoms with Gasteiger partial charge in [-0.05, 0) is 38.5 Å². The van der Waals surface area contributed by atoms with Crippen molar-refractivity contribution in [1.82, 2.24) is 10.6 Å². The lowest BCUT2D eigenvalue weighted by atomic mass is 10.1. The first-order valence-corrected chi connectivity index (χ1v) is 7.53. The number of ether oxygens (including phenoxy) is 1. The summed E-state index contributed by atoms with van der Waals surface area (Å²) in [5.74, 6) is -0.763. The molecule has 1 heterocycles. The van der Waals surface area contributed by atoms with Crippen LogP contribution in [-0.2, 0) is 9.53 Å². The highest BCUT2D eigenvalue weighted by molar-refractivity contribution is 5.73. The van der Waals surface area contributed by atoms with Crippen molar-refractivity contribution < 1.29 is 19.4 Å². The van der Waals surface area contributed by atoms with Crippen molar-refractivity contribution in [3.8, 4) is 0 Å². The monoisotopic (exact) mass is 286 g/mol. The third-order valence-electron chi connectivity index (χ3n) is 3.38. The Labute approximate surface area is 120 Å². The zero-order valence-corrected chi connectivity index (χ0v) is 12.0. The van der Waals surface area contributed by atoms with E-state index in [-0.39, 0.29) is 12.5 Å². The number of hydrogen-bond donors (Lipinski definition) is 3. The molecule has 6 heteroatoms. The molecule has 3 N–H and O–H groups in total. The Balaban J connectivity index is 1.88. The Morgan fingerprint density at radius 1 is 1.10 bits per heavy atom. The Bertz CT molecular complexity index is 291. The van der Waals surface area contributed by atoms with Gasteiger partial charge in [-0.25, -0.2) is 4.79 Å². The Morgan fingerprint density at radius 2 is 1.90 bits per heavy atom. The number of nitrogens with one attached hydrogen (secondary N) is 2. The average molecular weight is 286 g/mol. The minimum Gasteiger partial charge on any atom is -0.481 e. The van der Waals surface area contributed by atoms with Crippen LogP contribution in [0, 0.1) is 0 Å². The van der Waals surface area contributed by atoms with E-state index in [1.165, 1.54) is 6.42 Å². The summed E-state index contributed by atoms with van der Waals surface area (Å²) in [6, 6.07) is -0.154. The number of carboxylic acid groups (broad SMARTS) is 1. The van der Waals surface area contributed by atoms with Crippen molar-refractivity contribution in [3.05, 3.63) is 0 Å². The molecule has 116 valence electrons. The molecule has 2 amide bonds. The number of carbonyl (C=O) groups is 2. The van der Waals surface area contributed by atoms with Crippen molar-refractivity contribution in [1.29, 1.82) is 0 Å². The van der Waals surface area contributed by atoms with Crippen LogP contribution in [0.2, 0.25) is 0 Å². The largest absolute Gasteiger partial charge is 0.481 e. The summed E-state index contributed by atoms with van der Waals surface area (Å²) in [5, 5.41) is 14.1. The lowest BCUT2D eigenvalue weighted by Crippen LogP contribution is -2.37. The van der Waals surface area contributed by atoms with Crippen LogP contribution in [0.5, 0.6) is 0 Å². The van der Waals surface area contributed by atoms with Crippen LogP contribution in [0.15, 0.2) is 0 Å². The van der Waals surface area contributed by atoms with Gasteiger partial charge < -0.3 is 20.5 Å². The molecular weight excluding hydrogens is 260 g/mol. The highest BCUT2D eigenvalue weighted by Crippen LogP contribution is 2.14. The van der Waals surface area contributed by atoms with E-state index in [1.54, 1.807) is 0 Å². The molecule has 1 saturated heterocycles. The van der Waals surface area contributed by atoms with Crippen LogP contribution in [0.3, 0.4) is 0 Å². The third kappa shape index (κ3) is 8.74. The molecule has 6 nitrogen and oxygen atoms in total. The number of urea groups is 1. The fraction of sp³-hybridized carbons (Fsp3) is 0.857. The van der Waals surface area contributed by atoms with Gasteiger partial charge in [0.25, 0.3) is 0 Å². The van der Waals surface area contributed by atoms with E-state index in [0.29, 0.717) is 25.6 Å². The zero-order valence-electron chi connectivity index (χ0n) is 12.0. The van der Waals surface area contributed by atoms with Crippen LogP contribution in [0.1, 0.15) is 51.4 Å². The molecule has 0 aliphatic carbocycles. The molecule has 1 rings (SSSR count). The molecule has 0 saturated carbocycles. The van der Waals surface area contributed by atoms with E-state index >= 15 is 0 Å². The van der Waals surface area contributed by atoms with Crippen molar-refractivity contribution in [2.24, 2.45) is 0 Å². The minimum absolute atomic E-state index is 0.154. The highest BCUT2D eigenvalue weighted by atomic mass is 16.5. The molecule has 1 aliphatic heterocycles. The fourth-order valence-electron chi connectivity index (χ4n) is 2.22. The van der Waals surface area contributed by atoms with Gasteiger partial charge in [0.05, 0.1) is 6.10 Å². The van der Waals surface area contributed by atoms with Gasteiger partial charge >= 0.3 is 12.0 Å². The van der Waals surface area contributed by atoms with Gasteiger partial charge in [-0.15, -0.1) is 0 Å². The maximum absolute atomic E-state index is 11.5. The van der Waals surface area contributed by atoms with Gasteiger partial charge in [0, 0.05) is 26.1 Å². The molecule has 0 aromatic rings. The van der Waals surface area contributed by atoms with Gasteiger partial charge in [0.15, 0.2) is 0 Å². The van der Waals surface area contributed by atoms with Gasteiger partial charge in [-0.2, -0.15) is 0 Å². The van der Waals surface area contributed by atoms with Gasteiger partial charge in [-0.1, -0.05) is 6.42 Å². The Morgan fingerprint density at radius 3 is 2.60 bits per heavy atom. The second-order valence-electron chi connectivity index (χ2n) is 5.16. The number of carbonyl (C=O) groups excluding carboxylic acids is 1. The summed E-state index contributed by atoms with van der Waals surface area (Å²) < 4.78 is 5.58. The number of aliphatic carboxylic acids is 1. The highest BCUT2D eigenvalue weighted by Gasteiger charge is 2.13. The van der Waals surface area contributed by atoms with E-state index in [0.717, 1.165) is 38.7 Å². The maximum atomic E-state index is 11.5. The average Bonchev–Trinajstić information content (AvgIpc) is 2.43. The summed E-state index contributed by atoms with van der Waals surface area (Å²) >= 11 is 0. The molecule has 20 heavy (non-hydrogen) atoms. The van der Waals surface area contributed by atoms with Crippen LogP contribution >= 0.6 is 0 Å². The summed E-state index contributed by atoms with van der Waals surface area (Å²) in [7, 11) is 0. The predicted octanol–water partition coefficient (Wildman–Crippen LogP) is 1.89. The maximum Gasteiger partial charge on any atom is 0.314 e. The fourth-order valence-corrected chi connectivity index (χ4v) is 2.22. The molecular formula is C14H26N2O4. The summed E-state index contributed by atoms with van der Waals surface area (Å²) in [6.45, 7) is 2.06. The van der Waals surface area contributed by atoms with Crippen LogP contribution in [0.4, 0.5) is 4.79 Å². The molecule has 1 aliphatic rings. The SMILES string of the molecule is O=C(O)CCCCCNC(=O)NCCC1CCCCO1. The number of rotatable bonds is 9. The van der Waals surface area contributed by atoms with Gasteiger partial charge in [0.1, 0.15) is 0 Å². The molecule has 0 spiro atoms. The topological polar surface area (TPSA) is 87.7 Å². The van der Waals surface area contributed by atoms with Crippen molar-refractivity contribution >= 4 is 12.0 Å². The van der Waals surface area contributed by atoms with Crippen molar-refractivity contribution in [3.63, 3.8) is 0 Å².